The fourth-order valence-corrected chi connectivity index (χ4v) is 2.00. The Morgan fingerprint density at radius 1 is 1.50 bits per heavy atom. The minimum atomic E-state index is 0. The van der Waals surface area contributed by atoms with Crippen molar-refractivity contribution < 1.29 is 4.79 Å². The second-order valence-corrected chi connectivity index (χ2v) is 4.16. The molecular formula is C11H20Cl2N4O. The third-order valence-corrected chi connectivity index (χ3v) is 2.94. The average molecular weight is 295 g/mol. The van der Waals surface area contributed by atoms with Gasteiger partial charge in [-0.25, -0.2) is 0 Å². The predicted molar refractivity (Wildman–Crippen MR) is 75.4 cm³/mol. The minimum Gasteiger partial charge on any atom is -0.337 e. The van der Waals surface area contributed by atoms with Crippen LogP contribution in [-0.4, -0.2) is 46.3 Å². The van der Waals surface area contributed by atoms with E-state index in [4.69, 9.17) is 0 Å². The molecule has 0 radical (unpaired) electrons. The van der Waals surface area contributed by atoms with Crippen molar-refractivity contribution in [2.24, 2.45) is 0 Å². The van der Waals surface area contributed by atoms with Crippen molar-refractivity contribution in [1.82, 2.24) is 20.0 Å². The highest BCUT2D eigenvalue weighted by atomic mass is 35.5. The van der Waals surface area contributed by atoms with Gasteiger partial charge in [0.1, 0.15) is 0 Å². The number of carbonyl (C=O) groups excluding carboxylic acids is 1. The standard InChI is InChI=1S/C11H18N4O.2ClH/c1-10-9-12-5-8-15(10)11(16)3-7-14-6-2-4-13-14;;/h2,4,6,10,12H,3,5,7-9H2,1H3;2*1H/t10-;;/m0../s1. The van der Waals surface area contributed by atoms with Gasteiger partial charge in [-0.05, 0) is 13.0 Å². The van der Waals surface area contributed by atoms with E-state index in [9.17, 15) is 4.79 Å². The van der Waals surface area contributed by atoms with Crippen LogP contribution in [0, 0.1) is 0 Å². The van der Waals surface area contributed by atoms with E-state index in [2.05, 4.69) is 17.3 Å². The SMILES string of the molecule is C[C@H]1CNCCN1C(=O)CCn1cccn1.Cl.Cl. The lowest BCUT2D eigenvalue weighted by Gasteiger charge is -2.34. The Bertz CT molecular complexity index is 345. The smallest absolute Gasteiger partial charge is 0.224 e. The first-order chi connectivity index (χ1) is 7.77. The molecule has 1 aromatic rings. The number of halogens is 2. The van der Waals surface area contributed by atoms with Crippen LogP contribution in [0.15, 0.2) is 18.5 Å². The molecule has 0 spiro atoms. The molecule has 0 bridgehead atoms. The molecule has 2 heterocycles. The number of amides is 1. The normalized spacial score (nSPS) is 18.7. The maximum Gasteiger partial charge on any atom is 0.224 e. The van der Waals surface area contributed by atoms with Crippen molar-refractivity contribution in [2.45, 2.75) is 25.9 Å². The van der Waals surface area contributed by atoms with Crippen LogP contribution >= 0.6 is 24.8 Å². The number of aromatic nitrogens is 2. The fraction of sp³-hybridized carbons (Fsp3) is 0.636. The lowest BCUT2D eigenvalue weighted by atomic mass is 10.2. The van der Waals surface area contributed by atoms with E-state index < -0.39 is 0 Å². The van der Waals surface area contributed by atoms with Crippen molar-refractivity contribution in [2.75, 3.05) is 19.6 Å². The van der Waals surface area contributed by atoms with E-state index >= 15 is 0 Å². The highest BCUT2D eigenvalue weighted by Crippen LogP contribution is 2.05. The molecule has 1 amide bonds. The van der Waals surface area contributed by atoms with Gasteiger partial charge in [0.2, 0.25) is 5.91 Å². The van der Waals surface area contributed by atoms with Crippen molar-refractivity contribution in [3.63, 3.8) is 0 Å². The van der Waals surface area contributed by atoms with E-state index in [-0.39, 0.29) is 30.7 Å². The van der Waals surface area contributed by atoms with Crippen LogP contribution in [0.4, 0.5) is 0 Å². The summed E-state index contributed by atoms with van der Waals surface area (Å²) in [6.07, 6.45) is 4.15. The van der Waals surface area contributed by atoms with E-state index in [1.165, 1.54) is 0 Å². The second kappa shape index (κ2) is 8.34. The Labute approximate surface area is 120 Å². The molecule has 104 valence electrons. The summed E-state index contributed by atoms with van der Waals surface area (Å²) in [5.41, 5.74) is 0. The predicted octanol–water partition coefficient (Wildman–Crippen LogP) is 0.937. The Morgan fingerprint density at radius 2 is 2.28 bits per heavy atom. The van der Waals surface area contributed by atoms with E-state index in [1.54, 1.807) is 10.9 Å². The van der Waals surface area contributed by atoms with Crippen LogP contribution in [0.25, 0.3) is 0 Å². The molecule has 2 rings (SSSR count). The van der Waals surface area contributed by atoms with E-state index in [1.807, 2.05) is 17.2 Å². The molecule has 0 aliphatic carbocycles. The Balaban J connectivity index is 0.00000144. The lowest BCUT2D eigenvalue weighted by Crippen LogP contribution is -2.52. The van der Waals surface area contributed by atoms with Crippen LogP contribution in [0.5, 0.6) is 0 Å². The zero-order valence-electron chi connectivity index (χ0n) is 10.4. The van der Waals surface area contributed by atoms with Crippen LogP contribution in [0.3, 0.4) is 0 Å². The number of nitrogens with one attached hydrogen (secondary N) is 1. The number of rotatable bonds is 3. The summed E-state index contributed by atoms with van der Waals surface area (Å²) < 4.78 is 1.80. The van der Waals surface area contributed by atoms with Crippen molar-refractivity contribution in [3.8, 4) is 0 Å². The summed E-state index contributed by atoms with van der Waals surface area (Å²) in [7, 11) is 0. The van der Waals surface area contributed by atoms with E-state index in [0.717, 1.165) is 19.6 Å². The Morgan fingerprint density at radius 3 is 2.89 bits per heavy atom. The van der Waals surface area contributed by atoms with Crippen molar-refractivity contribution in [1.29, 1.82) is 0 Å². The zero-order valence-corrected chi connectivity index (χ0v) is 12.0. The third kappa shape index (κ3) is 4.48. The number of carbonyl (C=O) groups is 1. The summed E-state index contributed by atoms with van der Waals surface area (Å²) in [6.45, 7) is 5.37. The fourth-order valence-electron chi connectivity index (χ4n) is 2.00. The maximum absolute atomic E-state index is 12.0. The van der Waals surface area contributed by atoms with E-state index in [0.29, 0.717) is 19.0 Å². The summed E-state index contributed by atoms with van der Waals surface area (Å²) in [5.74, 6) is 0.226. The summed E-state index contributed by atoms with van der Waals surface area (Å²) in [4.78, 5) is 13.9. The van der Waals surface area contributed by atoms with Gasteiger partial charge in [-0.15, -0.1) is 24.8 Å². The first-order valence-electron chi connectivity index (χ1n) is 5.75. The van der Waals surface area contributed by atoms with Crippen molar-refractivity contribution >= 4 is 30.7 Å². The topological polar surface area (TPSA) is 50.2 Å². The molecule has 1 fully saturated rings. The van der Waals surface area contributed by atoms with Gasteiger partial charge in [-0.3, -0.25) is 9.48 Å². The molecule has 1 aliphatic rings. The summed E-state index contributed by atoms with van der Waals surface area (Å²) in [6, 6.07) is 2.18. The highest BCUT2D eigenvalue weighted by molar-refractivity contribution is 5.85. The van der Waals surface area contributed by atoms with Gasteiger partial charge in [0.05, 0.1) is 0 Å². The largest absolute Gasteiger partial charge is 0.337 e. The molecule has 18 heavy (non-hydrogen) atoms. The molecule has 1 aromatic heterocycles. The summed E-state index contributed by atoms with van der Waals surface area (Å²) in [5, 5.41) is 7.36. The molecule has 0 saturated carbocycles. The Kier molecular flexibility index (Phi) is 7.98. The van der Waals surface area contributed by atoms with Crippen molar-refractivity contribution in [3.05, 3.63) is 18.5 Å². The highest BCUT2D eigenvalue weighted by Gasteiger charge is 2.22. The molecule has 1 aliphatic heterocycles. The van der Waals surface area contributed by atoms with Crippen LogP contribution in [0.2, 0.25) is 0 Å². The average Bonchev–Trinajstić information content (AvgIpc) is 2.79. The quantitative estimate of drug-likeness (QED) is 0.903. The van der Waals surface area contributed by atoms with Gasteiger partial charge < -0.3 is 10.2 Å². The molecule has 7 heteroatoms. The van der Waals surface area contributed by atoms with Gasteiger partial charge in [0, 0.05) is 51.0 Å². The Hall–Kier alpha value is -0.780. The van der Waals surface area contributed by atoms with Crippen LogP contribution in [0.1, 0.15) is 13.3 Å². The molecular weight excluding hydrogens is 275 g/mol. The minimum absolute atomic E-state index is 0. The first-order valence-corrected chi connectivity index (χ1v) is 5.75. The number of hydrogen-bond acceptors (Lipinski definition) is 3. The first kappa shape index (κ1) is 17.2. The van der Waals surface area contributed by atoms with Gasteiger partial charge in [0.25, 0.3) is 0 Å². The van der Waals surface area contributed by atoms with Gasteiger partial charge in [-0.1, -0.05) is 0 Å². The molecule has 1 atom stereocenters. The number of piperazine rings is 1. The monoisotopic (exact) mass is 294 g/mol. The van der Waals surface area contributed by atoms with Crippen LogP contribution < -0.4 is 5.32 Å². The van der Waals surface area contributed by atoms with Crippen LogP contribution in [-0.2, 0) is 11.3 Å². The third-order valence-electron chi connectivity index (χ3n) is 2.94. The van der Waals surface area contributed by atoms with Gasteiger partial charge in [0.15, 0.2) is 0 Å². The molecule has 1 N–H and O–H groups in total. The molecule has 5 nitrogen and oxygen atoms in total. The summed E-state index contributed by atoms with van der Waals surface area (Å²) >= 11 is 0. The zero-order chi connectivity index (χ0) is 11.4. The van der Waals surface area contributed by atoms with Gasteiger partial charge >= 0.3 is 0 Å². The number of aryl methyl sites for hydroxylation is 1. The van der Waals surface area contributed by atoms with Gasteiger partial charge in [-0.2, -0.15) is 5.10 Å². The molecule has 0 unspecified atom stereocenters. The number of nitrogens with zero attached hydrogens (tertiary/aromatic N) is 3. The number of hydrogen-bond donors (Lipinski definition) is 1. The lowest BCUT2D eigenvalue weighted by molar-refractivity contribution is -0.134. The maximum atomic E-state index is 12.0. The second-order valence-electron chi connectivity index (χ2n) is 4.16. The molecule has 0 aromatic carbocycles. The molecule has 1 saturated heterocycles.